The van der Waals surface area contributed by atoms with E-state index in [0.29, 0.717) is 17.9 Å². The molecule has 0 saturated heterocycles. The fourth-order valence-corrected chi connectivity index (χ4v) is 2.43. The third-order valence-electron chi connectivity index (χ3n) is 3.66. The van der Waals surface area contributed by atoms with Crippen molar-refractivity contribution in [3.8, 4) is 0 Å². The number of carbonyl (C=O) groups excluding carboxylic acids is 2. The van der Waals surface area contributed by atoms with Gasteiger partial charge in [0.05, 0.1) is 25.2 Å². The highest BCUT2D eigenvalue weighted by atomic mass is 19.1. The molecule has 7 nitrogen and oxygen atoms in total. The molecule has 2 heterocycles. The predicted octanol–water partition coefficient (Wildman–Crippen LogP) is 1.76. The average molecular weight is 367 g/mol. The zero-order chi connectivity index (χ0) is 19.1. The van der Waals surface area contributed by atoms with E-state index in [9.17, 15) is 14.0 Å². The zero-order valence-corrected chi connectivity index (χ0v) is 14.4. The number of hydrogen-bond acceptors (Lipinski definition) is 4. The maximum Gasteiger partial charge on any atom is 0.244 e. The second-order valence-corrected chi connectivity index (χ2v) is 5.85. The summed E-state index contributed by atoms with van der Waals surface area (Å²) in [5.74, 6) is -0.781. The van der Waals surface area contributed by atoms with Crippen LogP contribution in [0, 0.1) is 5.82 Å². The first-order chi connectivity index (χ1) is 13.1. The molecule has 0 aliphatic carbocycles. The molecule has 0 fully saturated rings. The summed E-state index contributed by atoms with van der Waals surface area (Å²) in [5.41, 5.74) is 1.39. The summed E-state index contributed by atoms with van der Waals surface area (Å²) in [6.07, 6.45) is 3.44. The van der Waals surface area contributed by atoms with E-state index in [-0.39, 0.29) is 18.9 Å². The second kappa shape index (κ2) is 8.70. The summed E-state index contributed by atoms with van der Waals surface area (Å²) in [4.78, 5) is 28.0. The number of aromatic nitrogens is 3. The molecule has 0 atom stereocenters. The molecule has 0 bridgehead atoms. The minimum absolute atomic E-state index is 0.00371. The molecule has 2 amide bonds. The topological polar surface area (TPSA) is 88.9 Å². The van der Waals surface area contributed by atoms with E-state index in [4.69, 9.17) is 0 Å². The first kappa shape index (κ1) is 18.2. The van der Waals surface area contributed by atoms with Crippen molar-refractivity contribution in [1.82, 2.24) is 20.1 Å². The summed E-state index contributed by atoms with van der Waals surface area (Å²) < 4.78 is 14.8. The smallest absolute Gasteiger partial charge is 0.244 e. The number of benzene rings is 1. The van der Waals surface area contributed by atoms with Gasteiger partial charge in [-0.1, -0.05) is 18.2 Å². The van der Waals surface area contributed by atoms with Crippen molar-refractivity contribution in [2.24, 2.45) is 0 Å². The second-order valence-electron chi connectivity index (χ2n) is 5.85. The third kappa shape index (κ3) is 5.74. The molecule has 3 rings (SSSR count). The number of halogens is 1. The van der Waals surface area contributed by atoms with Crippen LogP contribution in [-0.2, 0) is 22.6 Å². The standard InChI is InChI=1S/C19H18FN5O2/c20-15-5-3-4-14(10-15)11-18(26)22-12-19(27)23-17-7-9-25(24-17)13-16-6-1-2-8-21-16/h1-10H,11-13H2,(H,22,26)(H,23,24,27). The van der Waals surface area contributed by atoms with E-state index >= 15 is 0 Å². The lowest BCUT2D eigenvalue weighted by Crippen LogP contribution is -2.33. The summed E-state index contributed by atoms with van der Waals surface area (Å²) in [7, 11) is 0. The summed E-state index contributed by atoms with van der Waals surface area (Å²) in [6, 6.07) is 13.0. The Bertz CT molecular complexity index is 927. The van der Waals surface area contributed by atoms with Crippen LogP contribution in [-0.4, -0.2) is 33.1 Å². The molecule has 0 unspecified atom stereocenters. The van der Waals surface area contributed by atoms with Gasteiger partial charge in [-0.25, -0.2) is 4.39 Å². The van der Waals surface area contributed by atoms with Crippen LogP contribution in [0.2, 0.25) is 0 Å². The van der Waals surface area contributed by atoms with E-state index < -0.39 is 11.7 Å². The summed E-state index contributed by atoms with van der Waals surface area (Å²) >= 11 is 0. The summed E-state index contributed by atoms with van der Waals surface area (Å²) in [5, 5.41) is 9.35. The summed E-state index contributed by atoms with van der Waals surface area (Å²) in [6.45, 7) is 0.294. The van der Waals surface area contributed by atoms with Gasteiger partial charge in [-0.05, 0) is 29.8 Å². The Labute approximate surface area is 155 Å². The molecule has 0 aliphatic rings. The monoisotopic (exact) mass is 367 g/mol. The molecule has 2 N–H and O–H groups in total. The molecule has 3 aromatic rings. The first-order valence-corrected chi connectivity index (χ1v) is 8.33. The van der Waals surface area contributed by atoms with Gasteiger partial charge in [0.25, 0.3) is 0 Å². The van der Waals surface area contributed by atoms with Crippen molar-refractivity contribution in [3.63, 3.8) is 0 Å². The van der Waals surface area contributed by atoms with Crippen molar-refractivity contribution in [2.75, 3.05) is 11.9 Å². The van der Waals surface area contributed by atoms with Crippen molar-refractivity contribution in [2.45, 2.75) is 13.0 Å². The highest BCUT2D eigenvalue weighted by molar-refractivity contribution is 5.94. The molecule has 2 aromatic heterocycles. The Morgan fingerprint density at radius 3 is 2.74 bits per heavy atom. The third-order valence-corrected chi connectivity index (χ3v) is 3.66. The van der Waals surface area contributed by atoms with Gasteiger partial charge >= 0.3 is 0 Å². The molecular formula is C19H18FN5O2. The number of nitrogens with one attached hydrogen (secondary N) is 2. The minimum atomic E-state index is -0.403. The molecule has 8 heteroatoms. The molecule has 1 aromatic carbocycles. The number of nitrogens with zero attached hydrogens (tertiary/aromatic N) is 3. The van der Waals surface area contributed by atoms with Gasteiger partial charge in [-0.15, -0.1) is 0 Å². The van der Waals surface area contributed by atoms with Crippen LogP contribution in [0.5, 0.6) is 0 Å². The average Bonchev–Trinajstić information content (AvgIpc) is 3.07. The molecular weight excluding hydrogens is 349 g/mol. The lowest BCUT2D eigenvalue weighted by molar-refractivity contribution is -0.123. The van der Waals surface area contributed by atoms with Gasteiger partial charge in [-0.2, -0.15) is 5.10 Å². The maximum absolute atomic E-state index is 13.1. The molecule has 0 saturated carbocycles. The normalized spacial score (nSPS) is 10.4. The SMILES string of the molecule is O=C(Cc1cccc(F)c1)NCC(=O)Nc1ccn(Cc2ccccn2)n1. The lowest BCUT2D eigenvalue weighted by Gasteiger charge is -2.06. The highest BCUT2D eigenvalue weighted by Gasteiger charge is 2.09. The van der Waals surface area contributed by atoms with Gasteiger partial charge in [0.1, 0.15) is 5.82 Å². The van der Waals surface area contributed by atoms with E-state index in [1.165, 1.54) is 18.2 Å². The number of carbonyl (C=O) groups is 2. The van der Waals surface area contributed by atoms with Gasteiger partial charge in [0.2, 0.25) is 11.8 Å². The number of anilines is 1. The van der Waals surface area contributed by atoms with Crippen LogP contribution >= 0.6 is 0 Å². The Hall–Kier alpha value is -3.55. The Morgan fingerprint density at radius 2 is 1.96 bits per heavy atom. The molecule has 0 aliphatic heterocycles. The zero-order valence-electron chi connectivity index (χ0n) is 14.4. The number of pyridine rings is 1. The largest absolute Gasteiger partial charge is 0.347 e. The molecule has 0 spiro atoms. The van der Waals surface area contributed by atoms with Crippen LogP contribution in [0.3, 0.4) is 0 Å². The Balaban J connectivity index is 1.44. The van der Waals surface area contributed by atoms with Crippen LogP contribution in [0.1, 0.15) is 11.3 Å². The van der Waals surface area contributed by atoms with Crippen LogP contribution in [0.15, 0.2) is 60.9 Å². The van der Waals surface area contributed by atoms with E-state index in [1.54, 1.807) is 29.2 Å². The first-order valence-electron chi connectivity index (χ1n) is 8.33. The molecule has 0 radical (unpaired) electrons. The minimum Gasteiger partial charge on any atom is -0.347 e. The van der Waals surface area contributed by atoms with Crippen LogP contribution in [0.4, 0.5) is 10.2 Å². The maximum atomic E-state index is 13.1. The van der Waals surface area contributed by atoms with Crippen molar-refractivity contribution in [1.29, 1.82) is 0 Å². The van der Waals surface area contributed by atoms with Crippen LogP contribution in [0.25, 0.3) is 0 Å². The van der Waals surface area contributed by atoms with Crippen molar-refractivity contribution < 1.29 is 14.0 Å². The van der Waals surface area contributed by atoms with Crippen molar-refractivity contribution >= 4 is 17.6 Å². The number of amides is 2. The van der Waals surface area contributed by atoms with E-state index in [0.717, 1.165) is 5.69 Å². The quantitative estimate of drug-likeness (QED) is 0.666. The Morgan fingerprint density at radius 1 is 1.07 bits per heavy atom. The van der Waals surface area contributed by atoms with Gasteiger partial charge in [0, 0.05) is 18.5 Å². The molecule has 138 valence electrons. The highest BCUT2D eigenvalue weighted by Crippen LogP contribution is 2.05. The van der Waals surface area contributed by atoms with Crippen molar-refractivity contribution in [3.05, 3.63) is 78.0 Å². The Kier molecular flexibility index (Phi) is 5.88. The number of hydrogen-bond donors (Lipinski definition) is 2. The fraction of sp³-hybridized carbons (Fsp3) is 0.158. The fourth-order valence-electron chi connectivity index (χ4n) is 2.43. The lowest BCUT2D eigenvalue weighted by atomic mass is 10.1. The van der Waals surface area contributed by atoms with Gasteiger partial charge in [0.15, 0.2) is 5.82 Å². The van der Waals surface area contributed by atoms with Crippen LogP contribution < -0.4 is 10.6 Å². The molecule has 27 heavy (non-hydrogen) atoms. The van der Waals surface area contributed by atoms with Gasteiger partial charge in [-0.3, -0.25) is 19.3 Å². The number of rotatable bonds is 7. The van der Waals surface area contributed by atoms with E-state index in [2.05, 4.69) is 20.7 Å². The van der Waals surface area contributed by atoms with Gasteiger partial charge < -0.3 is 10.6 Å². The van der Waals surface area contributed by atoms with E-state index in [1.807, 2.05) is 18.2 Å². The predicted molar refractivity (Wildman–Crippen MR) is 97.3 cm³/mol.